The van der Waals surface area contributed by atoms with Gasteiger partial charge in [-0.2, -0.15) is 17.6 Å². The van der Waals surface area contributed by atoms with Crippen LogP contribution in [0.25, 0.3) is 22.0 Å². The number of fused-ring (bicyclic) bond motifs is 1. The van der Waals surface area contributed by atoms with Crippen molar-refractivity contribution in [2.45, 2.75) is 57.0 Å². The van der Waals surface area contributed by atoms with E-state index in [1.807, 2.05) is 0 Å². The van der Waals surface area contributed by atoms with Gasteiger partial charge in [0, 0.05) is 37.5 Å². The molecule has 0 bridgehead atoms. The fraction of sp³-hybridized carbons (Fsp3) is 0.364. The average molecular weight is 624 g/mol. The van der Waals surface area contributed by atoms with Gasteiger partial charge >= 0.3 is 12.3 Å². The van der Waals surface area contributed by atoms with Crippen molar-refractivity contribution in [3.05, 3.63) is 89.5 Å². The third kappa shape index (κ3) is 6.95. The van der Waals surface area contributed by atoms with E-state index in [1.54, 1.807) is 60.7 Å². The summed E-state index contributed by atoms with van der Waals surface area (Å²) in [4.78, 5) is 17.3. The molecule has 1 unspecified atom stereocenters. The Morgan fingerprint density at radius 1 is 1.00 bits per heavy atom. The maximum Gasteiger partial charge on any atom is 0.407 e. The number of allylic oxidation sites excluding steroid dienone is 1. The minimum Gasteiger partial charge on any atom is -0.465 e. The van der Waals surface area contributed by atoms with Crippen LogP contribution in [0.4, 0.5) is 28.2 Å². The SMILES string of the molecule is O=C(O)N1CCC[C@@H](Nc2ccc(/C(=C(/CC(F)(F)F)c3ccccc3)c3ccc4c(c3)c(F)nn4C3CCCCO3)cn2)C1. The Morgan fingerprint density at radius 3 is 2.49 bits per heavy atom. The van der Waals surface area contributed by atoms with Crippen LogP contribution in [0.1, 0.15) is 61.4 Å². The van der Waals surface area contributed by atoms with E-state index in [1.165, 1.54) is 15.8 Å². The smallest absolute Gasteiger partial charge is 0.407 e. The van der Waals surface area contributed by atoms with Crippen LogP contribution in [0.3, 0.4) is 0 Å². The Hall–Kier alpha value is -4.45. The number of pyridine rings is 1. The Balaban J connectivity index is 1.43. The zero-order valence-electron chi connectivity index (χ0n) is 24.4. The number of alkyl halides is 3. The van der Waals surface area contributed by atoms with E-state index in [-0.39, 0.29) is 22.6 Å². The fourth-order valence-electron chi connectivity index (χ4n) is 6.19. The van der Waals surface area contributed by atoms with Crippen LogP contribution >= 0.6 is 0 Å². The van der Waals surface area contributed by atoms with Crippen molar-refractivity contribution in [2.75, 3.05) is 25.0 Å². The number of benzene rings is 2. The van der Waals surface area contributed by atoms with Crippen molar-refractivity contribution in [1.29, 1.82) is 0 Å². The van der Waals surface area contributed by atoms with Crippen LogP contribution in [0.2, 0.25) is 0 Å². The first-order chi connectivity index (χ1) is 21.7. The van der Waals surface area contributed by atoms with Gasteiger partial charge in [-0.05, 0) is 78.6 Å². The van der Waals surface area contributed by atoms with Crippen LogP contribution in [0.15, 0.2) is 66.9 Å². The van der Waals surface area contributed by atoms with Crippen LogP contribution < -0.4 is 5.32 Å². The lowest BCUT2D eigenvalue weighted by Crippen LogP contribution is -2.44. The lowest BCUT2D eigenvalue weighted by molar-refractivity contribution is -0.122. The number of halogens is 4. The number of amides is 1. The van der Waals surface area contributed by atoms with Gasteiger partial charge in [-0.15, -0.1) is 5.10 Å². The summed E-state index contributed by atoms with van der Waals surface area (Å²) in [7, 11) is 0. The van der Waals surface area contributed by atoms with Gasteiger partial charge in [0.1, 0.15) is 5.82 Å². The van der Waals surface area contributed by atoms with Crippen molar-refractivity contribution in [3.8, 4) is 0 Å². The number of likely N-dealkylation sites (tertiary alicyclic amines) is 1. The number of hydrogen-bond acceptors (Lipinski definition) is 5. The van der Waals surface area contributed by atoms with Crippen molar-refractivity contribution in [2.24, 2.45) is 0 Å². The Bertz CT molecular complexity index is 1680. The van der Waals surface area contributed by atoms with Gasteiger partial charge < -0.3 is 20.1 Å². The zero-order valence-corrected chi connectivity index (χ0v) is 24.4. The molecule has 2 aromatic heterocycles. The number of ether oxygens (including phenoxy) is 1. The highest BCUT2D eigenvalue weighted by Gasteiger charge is 2.32. The van der Waals surface area contributed by atoms with E-state index >= 15 is 4.39 Å². The molecule has 2 fully saturated rings. The summed E-state index contributed by atoms with van der Waals surface area (Å²) in [5.74, 6) is -0.249. The van der Waals surface area contributed by atoms with Gasteiger partial charge in [0.2, 0.25) is 5.95 Å². The number of rotatable bonds is 7. The number of piperidine rings is 1. The molecule has 236 valence electrons. The Morgan fingerprint density at radius 2 is 1.80 bits per heavy atom. The largest absolute Gasteiger partial charge is 0.465 e. The Kier molecular flexibility index (Phi) is 8.75. The minimum absolute atomic E-state index is 0.0257. The maximum atomic E-state index is 15.3. The number of nitrogens with zero attached hydrogens (tertiary/aromatic N) is 4. The molecule has 2 N–H and O–H groups in total. The molecule has 2 aliphatic rings. The van der Waals surface area contributed by atoms with Gasteiger partial charge in [-0.25, -0.2) is 14.5 Å². The molecule has 4 aromatic rings. The third-order valence-electron chi connectivity index (χ3n) is 8.28. The van der Waals surface area contributed by atoms with Crippen LogP contribution in [0, 0.1) is 5.95 Å². The van der Waals surface area contributed by atoms with Crippen molar-refractivity contribution >= 4 is 34.0 Å². The summed E-state index contributed by atoms with van der Waals surface area (Å²) in [5, 5.41) is 16.9. The summed E-state index contributed by atoms with van der Waals surface area (Å²) in [6.07, 6.45) is -1.65. The number of hydrogen-bond donors (Lipinski definition) is 2. The summed E-state index contributed by atoms with van der Waals surface area (Å²) < 4.78 is 65.0. The molecule has 8 nitrogen and oxygen atoms in total. The van der Waals surface area contributed by atoms with Gasteiger partial charge in [0.05, 0.1) is 17.3 Å². The van der Waals surface area contributed by atoms with Gasteiger partial charge in [0.25, 0.3) is 0 Å². The first-order valence-electron chi connectivity index (χ1n) is 15.0. The molecule has 45 heavy (non-hydrogen) atoms. The third-order valence-corrected chi connectivity index (χ3v) is 8.28. The van der Waals surface area contributed by atoms with Crippen molar-refractivity contribution in [3.63, 3.8) is 0 Å². The lowest BCUT2D eigenvalue weighted by atomic mass is 9.88. The number of carbonyl (C=O) groups is 1. The molecule has 0 spiro atoms. The second-order valence-corrected chi connectivity index (χ2v) is 11.4. The zero-order chi connectivity index (χ0) is 31.6. The standard InChI is InChI=1S/C33H33F4N5O3/c34-31-25-17-22(11-13-27(25)42(40-31)29-10-4-5-16-45-29)30(26(18-33(35,36)37)21-7-2-1-3-8-21)23-12-14-28(38-19-23)39-24-9-6-15-41(20-24)32(43)44/h1-3,7-8,11-14,17,19,24,29H,4-6,9-10,15-16,18,20H2,(H,38,39)(H,43,44)/b30-26-/t24-,29?/m1/s1. The van der Waals surface area contributed by atoms with Crippen LogP contribution in [-0.4, -0.2) is 62.8 Å². The molecule has 2 aliphatic heterocycles. The molecule has 1 amide bonds. The number of aromatic nitrogens is 3. The fourth-order valence-corrected chi connectivity index (χ4v) is 6.19. The van der Waals surface area contributed by atoms with E-state index < -0.39 is 30.9 Å². The highest BCUT2D eigenvalue weighted by Crippen LogP contribution is 2.40. The lowest BCUT2D eigenvalue weighted by Gasteiger charge is -2.31. The molecule has 2 aromatic carbocycles. The molecular formula is C33H33F4N5O3. The van der Waals surface area contributed by atoms with Crippen LogP contribution in [0.5, 0.6) is 0 Å². The van der Waals surface area contributed by atoms with E-state index in [9.17, 15) is 23.1 Å². The number of anilines is 1. The van der Waals surface area contributed by atoms with Gasteiger partial charge in [-0.3, -0.25) is 0 Å². The molecule has 12 heteroatoms. The summed E-state index contributed by atoms with van der Waals surface area (Å²) in [5.41, 5.74) is 1.99. The predicted octanol–water partition coefficient (Wildman–Crippen LogP) is 7.74. The van der Waals surface area contributed by atoms with E-state index in [0.717, 1.165) is 19.3 Å². The maximum absolute atomic E-state index is 15.3. The monoisotopic (exact) mass is 623 g/mol. The molecular weight excluding hydrogens is 590 g/mol. The second-order valence-electron chi connectivity index (χ2n) is 11.4. The first-order valence-corrected chi connectivity index (χ1v) is 15.0. The molecule has 0 aliphatic carbocycles. The van der Waals surface area contributed by atoms with E-state index in [2.05, 4.69) is 15.4 Å². The van der Waals surface area contributed by atoms with Gasteiger partial charge in [-0.1, -0.05) is 36.4 Å². The number of carboxylic acid groups (broad SMARTS) is 1. The molecule has 2 atom stereocenters. The Labute approximate surface area is 257 Å². The van der Waals surface area contributed by atoms with E-state index in [0.29, 0.717) is 60.6 Å². The molecule has 4 heterocycles. The quantitative estimate of drug-likeness (QED) is 0.162. The van der Waals surface area contributed by atoms with Crippen molar-refractivity contribution < 1.29 is 32.2 Å². The number of nitrogens with one attached hydrogen (secondary N) is 1. The topological polar surface area (TPSA) is 92.5 Å². The first kappa shape index (κ1) is 30.6. The predicted molar refractivity (Wildman–Crippen MR) is 162 cm³/mol. The highest BCUT2D eigenvalue weighted by molar-refractivity contribution is 6.00. The second kappa shape index (κ2) is 12.9. The average Bonchev–Trinajstić information content (AvgIpc) is 3.37. The summed E-state index contributed by atoms with van der Waals surface area (Å²) in [6, 6.07) is 16.4. The molecule has 6 rings (SSSR count). The van der Waals surface area contributed by atoms with Gasteiger partial charge in [0.15, 0.2) is 6.23 Å². The normalized spacial score (nSPS) is 19.8. The minimum atomic E-state index is -4.53. The van der Waals surface area contributed by atoms with Crippen molar-refractivity contribution in [1.82, 2.24) is 19.7 Å². The van der Waals surface area contributed by atoms with E-state index in [4.69, 9.17) is 4.74 Å². The highest BCUT2D eigenvalue weighted by atomic mass is 19.4. The molecule has 0 saturated carbocycles. The molecule has 0 radical (unpaired) electrons. The summed E-state index contributed by atoms with van der Waals surface area (Å²) in [6.45, 7) is 1.32. The summed E-state index contributed by atoms with van der Waals surface area (Å²) >= 11 is 0. The van der Waals surface area contributed by atoms with Crippen LogP contribution in [-0.2, 0) is 4.74 Å². The molecule has 2 saturated heterocycles.